The van der Waals surface area contributed by atoms with Crippen LogP contribution >= 0.6 is 35.6 Å². The van der Waals surface area contributed by atoms with Gasteiger partial charge in [0, 0.05) is 19.3 Å². The van der Waals surface area contributed by atoms with Crippen molar-refractivity contribution in [3.05, 3.63) is 28.0 Å². The summed E-state index contributed by atoms with van der Waals surface area (Å²) >= 11 is 11.7. The Morgan fingerprint density at radius 3 is 2.47 bits per heavy atom. The van der Waals surface area contributed by atoms with Crippen LogP contribution in [0, 0.1) is 0 Å². The topological polar surface area (TPSA) is 48.1 Å². The van der Waals surface area contributed by atoms with E-state index < -0.39 is 0 Å². The van der Waals surface area contributed by atoms with Gasteiger partial charge in [-0.15, -0.1) is 12.4 Å². The normalized spacial score (nSPS) is 14.2. The number of rotatable bonds is 3. The van der Waals surface area contributed by atoms with Gasteiger partial charge in [-0.3, -0.25) is 4.98 Å². The molecule has 0 aliphatic heterocycles. The first kappa shape index (κ1) is 14.9. The zero-order chi connectivity index (χ0) is 10.7. The Morgan fingerprint density at radius 2 is 2.07 bits per heavy atom. The lowest BCUT2D eigenvalue weighted by Gasteiger charge is -2.19. The van der Waals surface area contributed by atoms with Crippen molar-refractivity contribution in [2.75, 3.05) is 7.11 Å². The van der Waals surface area contributed by atoms with Crippen LogP contribution in [0.25, 0.3) is 0 Å². The molecule has 1 aromatic heterocycles. The lowest BCUT2D eigenvalue weighted by atomic mass is 10.1. The molecular formula is C9H13Cl3N2O. The summed E-state index contributed by atoms with van der Waals surface area (Å²) in [6, 6.07) is 1.45. The number of halogens is 3. The van der Waals surface area contributed by atoms with Crippen molar-refractivity contribution < 1.29 is 4.74 Å². The molecule has 1 rings (SSSR count). The summed E-state index contributed by atoms with van der Waals surface area (Å²) in [5.74, 6) is 0. The second kappa shape index (κ2) is 6.51. The molecule has 0 saturated carbocycles. The fourth-order valence-corrected chi connectivity index (χ4v) is 1.70. The van der Waals surface area contributed by atoms with Crippen molar-refractivity contribution in [2.24, 2.45) is 5.73 Å². The molecule has 0 spiro atoms. The van der Waals surface area contributed by atoms with Gasteiger partial charge in [0.1, 0.15) is 6.10 Å². The van der Waals surface area contributed by atoms with Gasteiger partial charge in [-0.1, -0.05) is 23.2 Å². The van der Waals surface area contributed by atoms with E-state index in [-0.39, 0.29) is 24.6 Å². The van der Waals surface area contributed by atoms with E-state index in [4.69, 9.17) is 33.7 Å². The number of nitrogens with zero attached hydrogens (tertiary/aromatic N) is 1. The predicted octanol–water partition coefficient (Wildman–Crippen LogP) is 2.84. The van der Waals surface area contributed by atoms with E-state index in [0.717, 1.165) is 0 Å². The third-order valence-electron chi connectivity index (χ3n) is 1.84. The minimum atomic E-state index is -0.306. The Bertz CT molecular complexity index is 320. The van der Waals surface area contributed by atoms with E-state index in [1.165, 1.54) is 6.20 Å². The van der Waals surface area contributed by atoms with Crippen molar-refractivity contribution in [1.82, 2.24) is 4.98 Å². The summed E-state index contributed by atoms with van der Waals surface area (Å²) in [6.07, 6.45) is 1.22. The molecule has 0 bridgehead atoms. The Labute approximate surface area is 105 Å². The fourth-order valence-electron chi connectivity index (χ4n) is 1.21. The molecule has 0 amide bonds. The summed E-state index contributed by atoms with van der Waals surface area (Å²) in [5.41, 5.74) is 6.35. The minimum Gasteiger partial charge on any atom is -0.373 e. The van der Waals surface area contributed by atoms with Crippen LogP contribution in [0.2, 0.25) is 10.0 Å². The number of nitrogens with two attached hydrogens (primary N) is 1. The maximum absolute atomic E-state index is 5.96. The van der Waals surface area contributed by atoms with Crippen LogP contribution in [0.4, 0.5) is 0 Å². The molecule has 6 heteroatoms. The molecule has 2 atom stereocenters. The van der Waals surface area contributed by atoms with Crippen molar-refractivity contribution in [3.63, 3.8) is 0 Å². The van der Waals surface area contributed by atoms with Crippen LogP contribution in [-0.4, -0.2) is 18.1 Å². The van der Waals surface area contributed by atoms with E-state index in [0.29, 0.717) is 15.7 Å². The standard InChI is InChI=1S/C9H12Cl2N2O.ClH/c1-5(12)9(14-2)8-7(11)3-6(10)4-13-8;/h3-5,9H,12H2,1-2H3;1H. The molecule has 0 fully saturated rings. The largest absolute Gasteiger partial charge is 0.373 e. The van der Waals surface area contributed by atoms with Gasteiger partial charge in [0.15, 0.2) is 0 Å². The molecule has 0 aromatic carbocycles. The highest BCUT2D eigenvalue weighted by Crippen LogP contribution is 2.27. The van der Waals surface area contributed by atoms with Gasteiger partial charge in [-0.2, -0.15) is 0 Å². The molecule has 1 heterocycles. The number of aromatic nitrogens is 1. The molecule has 15 heavy (non-hydrogen) atoms. The maximum atomic E-state index is 5.96. The molecular weight excluding hydrogens is 258 g/mol. The Kier molecular flexibility index (Phi) is 6.48. The third-order valence-corrected chi connectivity index (χ3v) is 2.35. The van der Waals surface area contributed by atoms with E-state index in [9.17, 15) is 0 Å². The van der Waals surface area contributed by atoms with Crippen LogP contribution in [0.1, 0.15) is 18.7 Å². The fraction of sp³-hybridized carbons (Fsp3) is 0.444. The van der Waals surface area contributed by atoms with Gasteiger partial charge in [0.05, 0.1) is 15.7 Å². The monoisotopic (exact) mass is 270 g/mol. The smallest absolute Gasteiger partial charge is 0.115 e. The summed E-state index contributed by atoms with van der Waals surface area (Å²) in [4.78, 5) is 4.10. The molecule has 0 saturated heterocycles. The van der Waals surface area contributed by atoms with Crippen LogP contribution in [0.15, 0.2) is 12.3 Å². The average Bonchev–Trinajstić information content (AvgIpc) is 2.09. The zero-order valence-corrected chi connectivity index (χ0v) is 10.7. The summed E-state index contributed by atoms with van der Waals surface area (Å²) in [5, 5.41) is 0.972. The third kappa shape index (κ3) is 3.78. The highest BCUT2D eigenvalue weighted by molar-refractivity contribution is 6.34. The number of ether oxygens (including phenoxy) is 1. The molecule has 2 unspecified atom stereocenters. The second-order valence-electron chi connectivity index (χ2n) is 3.04. The quantitative estimate of drug-likeness (QED) is 0.919. The van der Waals surface area contributed by atoms with Crippen molar-refractivity contribution in [1.29, 1.82) is 0 Å². The summed E-state index contributed by atoms with van der Waals surface area (Å²) in [7, 11) is 1.57. The van der Waals surface area contributed by atoms with Crippen LogP contribution in [0.5, 0.6) is 0 Å². The van der Waals surface area contributed by atoms with Gasteiger partial charge in [-0.05, 0) is 13.0 Å². The molecule has 0 radical (unpaired) electrons. The SMILES string of the molecule is COC(c1ncc(Cl)cc1Cl)C(C)N.Cl. The average molecular weight is 272 g/mol. The lowest BCUT2D eigenvalue weighted by Crippen LogP contribution is -2.27. The number of hydrogen-bond acceptors (Lipinski definition) is 3. The first-order valence-electron chi connectivity index (χ1n) is 4.15. The predicted molar refractivity (Wildman–Crippen MR) is 64.9 cm³/mol. The van der Waals surface area contributed by atoms with Crippen molar-refractivity contribution in [2.45, 2.75) is 19.1 Å². The van der Waals surface area contributed by atoms with Gasteiger partial charge < -0.3 is 10.5 Å². The van der Waals surface area contributed by atoms with E-state index >= 15 is 0 Å². The zero-order valence-electron chi connectivity index (χ0n) is 8.41. The molecule has 1 aromatic rings. The minimum absolute atomic E-state index is 0. The maximum Gasteiger partial charge on any atom is 0.115 e. The molecule has 0 aliphatic carbocycles. The first-order chi connectivity index (χ1) is 6.56. The van der Waals surface area contributed by atoms with E-state index in [2.05, 4.69) is 4.98 Å². The van der Waals surface area contributed by atoms with E-state index in [1.54, 1.807) is 13.2 Å². The summed E-state index contributed by atoms with van der Waals surface area (Å²) in [6.45, 7) is 1.83. The van der Waals surface area contributed by atoms with Gasteiger partial charge in [-0.25, -0.2) is 0 Å². The van der Waals surface area contributed by atoms with Crippen LogP contribution in [0.3, 0.4) is 0 Å². The van der Waals surface area contributed by atoms with E-state index in [1.807, 2.05) is 6.92 Å². The second-order valence-corrected chi connectivity index (χ2v) is 3.88. The molecule has 2 N–H and O–H groups in total. The van der Waals surface area contributed by atoms with Crippen LogP contribution < -0.4 is 5.73 Å². The number of hydrogen-bond donors (Lipinski definition) is 1. The summed E-state index contributed by atoms with van der Waals surface area (Å²) < 4.78 is 5.20. The van der Waals surface area contributed by atoms with Crippen molar-refractivity contribution >= 4 is 35.6 Å². The molecule has 0 aliphatic rings. The van der Waals surface area contributed by atoms with Crippen LogP contribution in [-0.2, 0) is 4.74 Å². The van der Waals surface area contributed by atoms with Crippen molar-refractivity contribution in [3.8, 4) is 0 Å². The Balaban J connectivity index is 0.00000196. The van der Waals surface area contributed by atoms with Gasteiger partial charge in [0.25, 0.3) is 0 Å². The number of pyridine rings is 1. The Hall–Kier alpha value is -0.0600. The highest BCUT2D eigenvalue weighted by atomic mass is 35.5. The van der Waals surface area contributed by atoms with Gasteiger partial charge >= 0.3 is 0 Å². The highest BCUT2D eigenvalue weighted by Gasteiger charge is 2.19. The lowest BCUT2D eigenvalue weighted by molar-refractivity contribution is 0.0819. The molecule has 3 nitrogen and oxygen atoms in total. The first-order valence-corrected chi connectivity index (χ1v) is 4.91. The molecule has 86 valence electrons. The number of methoxy groups -OCH3 is 1. The Morgan fingerprint density at radius 1 is 1.47 bits per heavy atom. The van der Waals surface area contributed by atoms with Gasteiger partial charge in [0.2, 0.25) is 0 Å².